The number of rotatable bonds is 11. The number of alkyl halides is 2. The van der Waals surface area contributed by atoms with Gasteiger partial charge in [-0.05, 0) is 18.9 Å². The number of unbranched alkanes of at least 4 members (excludes halogenated alkanes) is 1. The monoisotopic (exact) mass is 456 g/mol. The van der Waals surface area contributed by atoms with Crippen LogP contribution >= 0.6 is 0 Å². The molecule has 0 saturated carbocycles. The third-order valence-electron chi connectivity index (χ3n) is 5.15. The highest BCUT2D eigenvalue weighted by atomic mass is 19.3. The van der Waals surface area contributed by atoms with Gasteiger partial charge in [0.1, 0.15) is 18.5 Å². The molecule has 1 aliphatic heterocycles. The van der Waals surface area contributed by atoms with E-state index in [1.54, 1.807) is 13.8 Å². The first-order chi connectivity index (χ1) is 15.1. The number of anilines is 1. The fourth-order valence-electron chi connectivity index (χ4n) is 3.39. The molecule has 0 spiro atoms. The van der Waals surface area contributed by atoms with E-state index in [1.165, 1.54) is 6.07 Å². The van der Waals surface area contributed by atoms with E-state index < -0.39 is 35.8 Å². The van der Waals surface area contributed by atoms with Gasteiger partial charge in [0, 0.05) is 12.1 Å². The maximum atomic E-state index is 14.4. The van der Waals surface area contributed by atoms with Gasteiger partial charge in [0.15, 0.2) is 0 Å². The lowest BCUT2D eigenvalue weighted by molar-refractivity contribution is -0.154. The molecule has 32 heavy (non-hydrogen) atoms. The van der Waals surface area contributed by atoms with Crippen LogP contribution in [0.15, 0.2) is 17.1 Å². The Morgan fingerprint density at radius 3 is 2.59 bits per heavy atom. The van der Waals surface area contributed by atoms with Crippen LogP contribution in [0.25, 0.3) is 0 Å². The van der Waals surface area contributed by atoms with Gasteiger partial charge in [-0.15, -0.1) is 0 Å². The highest BCUT2D eigenvalue weighted by molar-refractivity contribution is 5.91. The summed E-state index contributed by atoms with van der Waals surface area (Å²) in [4.78, 5) is 40.2. The van der Waals surface area contributed by atoms with Crippen molar-refractivity contribution in [2.75, 3.05) is 11.9 Å². The lowest BCUT2D eigenvalue weighted by atomic mass is 9.96. The summed E-state index contributed by atoms with van der Waals surface area (Å²) in [6.07, 6.45) is 2.78. The van der Waals surface area contributed by atoms with Gasteiger partial charge < -0.3 is 14.8 Å². The van der Waals surface area contributed by atoms with Gasteiger partial charge >= 0.3 is 11.7 Å². The lowest BCUT2D eigenvalue weighted by Gasteiger charge is -2.20. The highest BCUT2D eigenvalue weighted by Crippen LogP contribution is 2.41. The van der Waals surface area contributed by atoms with Crippen molar-refractivity contribution in [2.45, 2.75) is 78.1 Å². The Hall–Kier alpha value is -2.36. The summed E-state index contributed by atoms with van der Waals surface area (Å²) in [6, 6.07) is 1.29. The van der Waals surface area contributed by atoms with Crippen LogP contribution in [0.2, 0.25) is 0 Å². The summed E-state index contributed by atoms with van der Waals surface area (Å²) in [6.45, 7) is 6.90. The first-order valence-electron chi connectivity index (χ1n) is 11.0. The van der Waals surface area contributed by atoms with E-state index in [2.05, 4.69) is 10.3 Å². The second-order valence-corrected chi connectivity index (χ2v) is 8.27. The number of halogens is 2. The molecule has 2 rings (SSSR count). The molecule has 1 radical (unpaired) electrons. The van der Waals surface area contributed by atoms with E-state index in [1.807, 2.05) is 13.8 Å². The molecule has 1 aromatic heterocycles. The molecule has 1 aromatic rings. The van der Waals surface area contributed by atoms with Gasteiger partial charge in [0.05, 0.1) is 12.3 Å². The minimum absolute atomic E-state index is 0.00144. The molecule has 10 heteroatoms. The van der Waals surface area contributed by atoms with Crippen molar-refractivity contribution in [3.05, 3.63) is 29.2 Å². The molecule has 1 unspecified atom stereocenters. The fraction of sp³-hybridized carbons (Fsp3) is 0.682. The van der Waals surface area contributed by atoms with Crippen LogP contribution < -0.4 is 11.0 Å². The summed E-state index contributed by atoms with van der Waals surface area (Å²) >= 11 is 0. The number of carbonyl (C=O) groups is 2. The Bertz CT molecular complexity index is 843. The minimum Gasteiger partial charge on any atom is -0.463 e. The van der Waals surface area contributed by atoms with Crippen LogP contribution in [0.4, 0.5) is 14.6 Å². The van der Waals surface area contributed by atoms with Crippen molar-refractivity contribution in [3.63, 3.8) is 0 Å². The Morgan fingerprint density at radius 1 is 1.28 bits per heavy atom. The van der Waals surface area contributed by atoms with Crippen LogP contribution in [0.3, 0.4) is 0 Å². The maximum absolute atomic E-state index is 14.4. The average Bonchev–Trinajstić information content (AvgIpc) is 3.03. The second kappa shape index (κ2) is 11.5. The molecule has 179 valence electrons. The topological polar surface area (TPSA) is 99.5 Å². The third kappa shape index (κ3) is 6.82. The number of esters is 1. The Balaban J connectivity index is 2.08. The smallest absolute Gasteiger partial charge is 0.351 e. The number of carbonyl (C=O) groups excluding carboxylic acids is 2. The molecular weight excluding hydrogens is 424 g/mol. The standard InChI is InChI=1S/C22H32F2N3O5/c1-5-7-9-15(8-6-2)18(28)25-17-10-11-27(21(30)26-17)20-22(23,24)12-16(32-20)13-31-19(29)14(3)4/h10-12,14-16,20H,5-9,13H2,1-4H3,(H,25,26,28,30)/t15?,16-,20-/m1/s1. The molecular formula is C22H32F2N3O5. The largest absolute Gasteiger partial charge is 0.463 e. The molecule has 1 aliphatic rings. The van der Waals surface area contributed by atoms with Gasteiger partial charge in [-0.3, -0.25) is 14.2 Å². The Kier molecular flexibility index (Phi) is 9.30. The molecule has 0 bridgehead atoms. The third-order valence-corrected chi connectivity index (χ3v) is 5.15. The minimum atomic E-state index is -3.47. The number of hydrogen-bond donors (Lipinski definition) is 1. The van der Waals surface area contributed by atoms with Crippen LogP contribution in [0.1, 0.15) is 66.0 Å². The molecule has 3 atom stereocenters. The van der Waals surface area contributed by atoms with E-state index in [4.69, 9.17) is 9.47 Å². The summed E-state index contributed by atoms with van der Waals surface area (Å²) in [7, 11) is 0. The zero-order valence-electron chi connectivity index (χ0n) is 19.0. The normalized spacial score (nSPS) is 20.8. The molecule has 2 heterocycles. The van der Waals surface area contributed by atoms with Crippen molar-refractivity contribution in [2.24, 2.45) is 11.8 Å². The first kappa shape index (κ1) is 25.9. The zero-order valence-corrected chi connectivity index (χ0v) is 19.0. The summed E-state index contributed by atoms with van der Waals surface area (Å²) in [5.74, 6) is -4.85. The number of nitrogens with zero attached hydrogens (tertiary/aromatic N) is 2. The fourth-order valence-corrected chi connectivity index (χ4v) is 3.39. The molecule has 0 aromatic carbocycles. The maximum Gasteiger partial charge on any atom is 0.351 e. The summed E-state index contributed by atoms with van der Waals surface area (Å²) in [5, 5.41) is 2.61. The van der Waals surface area contributed by atoms with Crippen LogP contribution in [0.5, 0.6) is 0 Å². The number of hydrogen-bond acceptors (Lipinski definition) is 6. The van der Waals surface area contributed by atoms with E-state index >= 15 is 0 Å². The quantitative estimate of drug-likeness (QED) is 0.510. The first-order valence-corrected chi connectivity index (χ1v) is 11.0. The van der Waals surface area contributed by atoms with Gasteiger partial charge in [-0.1, -0.05) is 47.0 Å². The molecule has 1 fully saturated rings. The van der Waals surface area contributed by atoms with Crippen LogP contribution in [-0.4, -0.2) is 40.1 Å². The van der Waals surface area contributed by atoms with E-state index in [9.17, 15) is 23.2 Å². The number of ether oxygens (including phenoxy) is 2. The average molecular weight is 457 g/mol. The van der Waals surface area contributed by atoms with Gasteiger partial charge in [0.25, 0.3) is 5.92 Å². The van der Waals surface area contributed by atoms with Crippen molar-refractivity contribution in [1.82, 2.24) is 9.55 Å². The van der Waals surface area contributed by atoms with E-state index in [0.717, 1.165) is 31.9 Å². The van der Waals surface area contributed by atoms with Crippen molar-refractivity contribution >= 4 is 17.7 Å². The van der Waals surface area contributed by atoms with Gasteiger partial charge in [-0.2, -0.15) is 4.98 Å². The zero-order chi connectivity index (χ0) is 23.9. The number of aromatic nitrogens is 2. The lowest BCUT2D eigenvalue weighted by Crippen LogP contribution is -2.35. The van der Waals surface area contributed by atoms with E-state index in [-0.39, 0.29) is 24.2 Å². The van der Waals surface area contributed by atoms with Crippen LogP contribution in [-0.2, 0) is 19.1 Å². The summed E-state index contributed by atoms with van der Waals surface area (Å²) in [5.41, 5.74) is -0.985. The molecule has 0 aliphatic carbocycles. The molecule has 1 amide bonds. The number of nitrogens with one attached hydrogen (secondary N) is 1. The van der Waals surface area contributed by atoms with Gasteiger partial charge in [-0.25, -0.2) is 13.6 Å². The predicted octanol–water partition coefficient (Wildman–Crippen LogP) is 3.72. The number of amides is 1. The summed E-state index contributed by atoms with van der Waals surface area (Å²) < 4.78 is 39.8. The van der Waals surface area contributed by atoms with Gasteiger partial charge in [0.2, 0.25) is 12.1 Å². The molecule has 1 saturated heterocycles. The van der Waals surface area contributed by atoms with E-state index in [0.29, 0.717) is 17.4 Å². The van der Waals surface area contributed by atoms with Crippen molar-refractivity contribution < 1.29 is 27.8 Å². The van der Waals surface area contributed by atoms with Crippen molar-refractivity contribution in [1.29, 1.82) is 0 Å². The Morgan fingerprint density at radius 2 is 2.00 bits per heavy atom. The second-order valence-electron chi connectivity index (χ2n) is 8.27. The Labute approximate surface area is 186 Å². The predicted molar refractivity (Wildman–Crippen MR) is 114 cm³/mol. The van der Waals surface area contributed by atoms with Crippen molar-refractivity contribution in [3.8, 4) is 0 Å². The molecule has 8 nitrogen and oxygen atoms in total. The SMILES string of the molecule is CCCCC(CCC)C(=O)Nc1ccn([C@@H]2O[C@@H](COC(=O)C(C)C)[CH]C2(F)F)c(=O)n1. The highest BCUT2D eigenvalue weighted by Gasteiger charge is 2.52. The van der Waals surface area contributed by atoms with Crippen LogP contribution in [0, 0.1) is 18.3 Å². The molecule has 1 N–H and O–H groups in total.